The molecule has 0 N–H and O–H groups in total. The maximum Gasteiger partial charge on any atom is 0.324 e. The molecule has 1 rings (SSSR count). The van der Waals surface area contributed by atoms with Crippen LogP contribution in [0.4, 0.5) is 0 Å². The number of hydrogen-bond donors (Lipinski definition) is 0. The summed E-state index contributed by atoms with van der Waals surface area (Å²) in [5.74, 6) is 0. The summed E-state index contributed by atoms with van der Waals surface area (Å²) >= 11 is 0. The second-order valence-corrected chi connectivity index (χ2v) is 2.52. The molecule has 0 bridgehead atoms. The molecule has 0 saturated heterocycles. The Morgan fingerprint density at radius 3 is 2.64 bits per heavy atom. The summed E-state index contributed by atoms with van der Waals surface area (Å²) in [6, 6.07) is 0. The third kappa shape index (κ3) is 1.48. The highest BCUT2D eigenvalue weighted by Crippen LogP contribution is 2.22. The third-order valence-electron chi connectivity index (χ3n) is 1.70. The Labute approximate surface area is 66.5 Å². The van der Waals surface area contributed by atoms with Crippen molar-refractivity contribution < 1.29 is 0 Å². The molecule has 0 spiro atoms. The molecule has 0 radical (unpaired) electrons. The fourth-order valence-electron chi connectivity index (χ4n) is 1.03. The van der Waals surface area contributed by atoms with Gasteiger partial charge in [0.05, 0.1) is 6.42 Å². The lowest BCUT2D eigenvalue weighted by atomic mass is 9.92. The van der Waals surface area contributed by atoms with E-state index in [0.29, 0.717) is 6.42 Å². The van der Waals surface area contributed by atoms with Crippen LogP contribution in [0.3, 0.4) is 0 Å². The molecule has 1 aliphatic rings. The Bertz CT molecular complexity index is 275. The van der Waals surface area contributed by atoms with E-state index in [1.807, 2.05) is 24.3 Å². The second kappa shape index (κ2) is 3.03. The van der Waals surface area contributed by atoms with Gasteiger partial charge in [0.15, 0.2) is 0 Å². The van der Waals surface area contributed by atoms with Crippen LogP contribution >= 0.6 is 0 Å². The standard InChI is InChI=1S/C9H8N2/c1-10-8-9(11-2)6-4-3-5-7-9/h3-6H,7-8H2. The first-order valence-corrected chi connectivity index (χ1v) is 3.39. The quantitative estimate of drug-likeness (QED) is 0.498. The maximum absolute atomic E-state index is 6.94. The van der Waals surface area contributed by atoms with E-state index in [-0.39, 0.29) is 6.54 Å². The van der Waals surface area contributed by atoms with Gasteiger partial charge in [0.2, 0.25) is 0 Å². The fourth-order valence-corrected chi connectivity index (χ4v) is 1.03. The van der Waals surface area contributed by atoms with Crippen molar-refractivity contribution in [2.24, 2.45) is 0 Å². The van der Waals surface area contributed by atoms with E-state index in [1.165, 1.54) is 0 Å². The molecular weight excluding hydrogens is 136 g/mol. The maximum atomic E-state index is 6.94. The van der Waals surface area contributed by atoms with Crippen LogP contribution < -0.4 is 0 Å². The Morgan fingerprint density at radius 1 is 1.36 bits per heavy atom. The molecule has 0 aromatic heterocycles. The fraction of sp³-hybridized carbons (Fsp3) is 0.333. The summed E-state index contributed by atoms with van der Waals surface area (Å²) < 4.78 is 0. The van der Waals surface area contributed by atoms with E-state index in [0.717, 1.165) is 0 Å². The monoisotopic (exact) mass is 144 g/mol. The first-order chi connectivity index (χ1) is 5.33. The molecule has 54 valence electrons. The van der Waals surface area contributed by atoms with Crippen LogP contribution in [0.15, 0.2) is 24.3 Å². The molecule has 0 saturated carbocycles. The van der Waals surface area contributed by atoms with Gasteiger partial charge in [0.25, 0.3) is 6.54 Å². The van der Waals surface area contributed by atoms with Crippen LogP contribution in [0.2, 0.25) is 0 Å². The van der Waals surface area contributed by atoms with E-state index >= 15 is 0 Å². The summed E-state index contributed by atoms with van der Waals surface area (Å²) in [5.41, 5.74) is -0.559. The first-order valence-electron chi connectivity index (χ1n) is 3.39. The average Bonchev–Trinajstić information content (AvgIpc) is 2.07. The molecule has 1 unspecified atom stereocenters. The van der Waals surface area contributed by atoms with Gasteiger partial charge in [0, 0.05) is 6.08 Å². The highest BCUT2D eigenvalue weighted by molar-refractivity contribution is 5.27. The van der Waals surface area contributed by atoms with E-state index in [9.17, 15) is 0 Å². The van der Waals surface area contributed by atoms with Gasteiger partial charge in [-0.1, -0.05) is 18.2 Å². The van der Waals surface area contributed by atoms with Gasteiger partial charge in [-0.15, -0.1) is 0 Å². The summed E-state index contributed by atoms with van der Waals surface area (Å²) in [5, 5.41) is 0. The molecule has 0 aromatic rings. The van der Waals surface area contributed by atoms with Crippen molar-refractivity contribution in [2.45, 2.75) is 12.0 Å². The summed E-state index contributed by atoms with van der Waals surface area (Å²) in [7, 11) is 0. The molecular formula is C9H8N2. The minimum Gasteiger partial charge on any atom is -0.308 e. The van der Waals surface area contributed by atoms with Gasteiger partial charge in [-0.3, -0.25) is 4.85 Å². The van der Waals surface area contributed by atoms with Gasteiger partial charge >= 0.3 is 5.54 Å². The van der Waals surface area contributed by atoms with Crippen LogP contribution in [0.5, 0.6) is 0 Å². The molecule has 2 heteroatoms. The number of hydrogen-bond acceptors (Lipinski definition) is 0. The number of nitrogens with zero attached hydrogens (tertiary/aromatic N) is 2. The van der Waals surface area contributed by atoms with Crippen molar-refractivity contribution in [2.75, 3.05) is 6.54 Å². The molecule has 1 aliphatic carbocycles. The second-order valence-electron chi connectivity index (χ2n) is 2.52. The third-order valence-corrected chi connectivity index (χ3v) is 1.70. The highest BCUT2D eigenvalue weighted by Gasteiger charge is 2.36. The lowest BCUT2D eigenvalue weighted by Crippen LogP contribution is -2.25. The lowest BCUT2D eigenvalue weighted by molar-refractivity contribution is 0.671. The predicted octanol–water partition coefficient (Wildman–Crippen LogP) is 2.08. The largest absolute Gasteiger partial charge is 0.324 e. The van der Waals surface area contributed by atoms with Crippen molar-refractivity contribution in [1.29, 1.82) is 0 Å². The Hall–Kier alpha value is -1.54. The van der Waals surface area contributed by atoms with Gasteiger partial charge in [-0.25, -0.2) is 13.1 Å². The van der Waals surface area contributed by atoms with Gasteiger partial charge in [0.1, 0.15) is 0 Å². The SMILES string of the molecule is [C-]#[N+]CC1([N+]#[C-])C=CC=CC1. The first kappa shape index (κ1) is 7.57. The van der Waals surface area contributed by atoms with Crippen LogP contribution in [-0.2, 0) is 0 Å². The van der Waals surface area contributed by atoms with Gasteiger partial charge in [-0.2, -0.15) is 0 Å². The smallest absolute Gasteiger partial charge is 0.308 e. The highest BCUT2D eigenvalue weighted by atomic mass is 14.9. The van der Waals surface area contributed by atoms with Crippen LogP contribution in [0.1, 0.15) is 6.42 Å². The van der Waals surface area contributed by atoms with Crippen molar-refractivity contribution in [3.05, 3.63) is 47.1 Å². The summed E-state index contributed by atoms with van der Waals surface area (Å²) in [4.78, 5) is 6.72. The zero-order chi connectivity index (χ0) is 8.16. The van der Waals surface area contributed by atoms with E-state index < -0.39 is 5.54 Å². The van der Waals surface area contributed by atoms with Crippen molar-refractivity contribution >= 4 is 0 Å². The molecule has 0 heterocycles. The normalized spacial score (nSPS) is 27.5. The molecule has 2 nitrogen and oxygen atoms in total. The summed E-state index contributed by atoms with van der Waals surface area (Å²) in [6.45, 7) is 13.9. The minimum absolute atomic E-state index is 0.275. The molecule has 0 fully saturated rings. The lowest BCUT2D eigenvalue weighted by Gasteiger charge is -2.11. The van der Waals surface area contributed by atoms with Crippen LogP contribution in [-0.4, -0.2) is 12.1 Å². The molecule has 0 aliphatic heterocycles. The number of allylic oxidation sites excluding steroid dienone is 2. The number of rotatable bonds is 1. The molecule has 0 amide bonds. The van der Waals surface area contributed by atoms with Crippen molar-refractivity contribution in [1.82, 2.24) is 0 Å². The zero-order valence-electron chi connectivity index (χ0n) is 6.12. The summed E-state index contributed by atoms with van der Waals surface area (Å²) in [6.07, 6.45) is 8.18. The predicted molar refractivity (Wildman–Crippen MR) is 43.7 cm³/mol. The zero-order valence-corrected chi connectivity index (χ0v) is 6.12. The molecule has 1 atom stereocenters. The van der Waals surface area contributed by atoms with E-state index in [1.54, 1.807) is 0 Å². The van der Waals surface area contributed by atoms with Crippen molar-refractivity contribution in [3.63, 3.8) is 0 Å². The average molecular weight is 144 g/mol. The van der Waals surface area contributed by atoms with Crippen LogP contribution in [0.25, 0.3) is 9.69 Å². The van der Waals surface area contributed by atoms with Gasteiger partial charge < -0.3 is 4.85 Å². The Morgan fingerprint density at radius 2 is 2.18 bits per heavy atom. The van der Waals surface area contributed by atoms with Gasteiger partial charge in [-0.05, 0) is 0 Å². The molecule has 0 aromatic carbocycles. The Kier molecular flexibility index (Phi) is 2.09. The van der Waals surface area contributed by atoms with E-state index in [4.69, 9.17) is 13.1 Å². The topological polar surface area (TPSA) is 8.72 Å². The Balaban J connectivity index is 2.81. The molecule has 11 heavy (non-hydrogen) atoms. The minimum atomic E-state index is -0.559. The van der Waals surface area contributed by atoms with Crippen molar-refractivity contribution in [3.8, 4) is 0 Å². The van der Waals surface area contributed by atoms with Crippen LogP contribution in [0, 0.1) is 13.1 Å². The van der Waals surface area contributed by atoms with E-state index in [2.05, 4.69) is 9.69 Å².